The van der Waals surface area contributed by atoms with E-state index in [1.807, 2.05) is 17.9 Å². The van der Waals surface area contributed by atoms with Crippen molar-refractivity contribution < 1.29 is 4.74 Å². The van der Waals surface area contributed by atoms with Gasteiger partial charge in [-0.1, -0.05) is 6.92 Å². The van der Waals surface area contributed by atoms with Gasteiger partial charge < -0.3 is 10.1 Å². The highest BCUT2D eigenvalue weighted by Gasteiger charge is 2.12. The molecule has 2 atom stereocenters. The minimum absolute atomic E-state index is 0.316. The lowest BCUT2D eigenvalue weighted by atomic mass is 10.0. The number of aryl methyl sites for hydroxylation is 1. The van der Waals surface area contributed by atoms with E-state index in [4.69, 9.17) is 4.74 Å². The van der Waals surface area contributed by atoms with Crippen LogP contribution in [0.25, 0.3) is 0 Å². The van der Waals surface area contributed by atoms with Crippen LogP contribution in [0, 0.1) is 0 Å². The van der Waals surface area contributed by atoms with Crippen molar-refractivity contribution in [1.82, 2.24) is 15.1 Å². The molecule has 0 aliphatic heterocycles. The first kappa shape index (κ1) is 14.2. The molecule has 1 N–H and O–H groups in total. The van der Waals surface area contributed by atoms with E-state index < -0.39 is 0 Å². The normalized spacial score (nSPS) is 14.8. The fourth-order valence-corrected chi connectivity index (χ4v) is 1.91. The first-order valence-corrected chi connectivity index (χ1v) is 6.43. The van der Waals surface area contributed by atoms with Gasteiger partial charge in [-0.15, -0.1) is 0 Å². The van der Waals surface area contributed by atoms with Crippen LogP contribution in [-0.4, -0.2) is 30.0 Å². The molecule has 4 nitrogen and oxygen atoms in total. The van der Waals surface area contributed by atoms with Crippen LogP contribution in [0.5, 0.6) is 0 Å². The first-order valence-electron chi connectivity index (χ1n) is 6.43. The second-order valence-corrected chi connectivity index (χ2v) is 4.50. The van der Waals surface area contributed by atoms with Crippen molar-refractivity contribution >= 4 is 0 Å². The summed E-state index contributed by atoms with van der Waals surface area (Å²) in [4.78, 5) is 0. The lowest BCUT2D eigenvalue weighted by Gasteiger charge is -2.16. The predicted molar refractivity (Wildman–Crippen MR) is 70.0 cm³/mol. The Morgan fingerprint density at radius 3 is 2.82 bits per heavy atom. The number of nitrogens with one attached hydrogen (secondary N) is 1. The monoisotopic (exact) mass is 239 g/mol. The lowest BCUT2D eigenvalue weighted by molar-refractivity contribution is 0.106. The van der Waals surface area contributed by atoms with Crippen LogP contribution in [0.2, 0.25) is 0 Å². The zero-order valence-corrected chi connectivity index (χ0v) is 11.4. The molecule has 0 saturated heterocycles. The summed E-state index contributed by atoms with van der Waals surface area (Å²) in [6.45, 7) is 5.26. The molecule has 98 valence electrons. The molecule has 1 rings (SSSR count). The van der Waals surface area contributed by atoms with E-state index in [1.165, 1.54) is 5.56 Å². The molecule has 0 amide bonds. The van der Waals surface area contributed by atoms with Crippen molar-refractivity contribution in [3.63, 3.8) is 0 Å². The molecule has 0 spiro atoms. The molecule has 1 aromatic rings. The zero-order chi connectivity index (χ0) is 12.7. The third-order valence-electron chi connectivity index (χ3n) is 3.12. The maximum atomic E-state index is 5.28. The van der Waals surface area contributed by atoms with Gasteiger partial charge in [0.15, 0.2) is 0 Å². The zero-order valence-electron chi connectivity index (χ0n) is 11.4. The molecule has 1 aromatic heterocycles. The Morgan fingerprint density at radius 2 is 2.24 bits per heavy atom. The third kappa shape index (κ3) is 4.48. The molecule has 0 aromatic carbocycles. The van der Waals surface area contributed by atoms with Gasteiger partial charge >= 0.3 is 0 Å². The first-order chi connectivity index (χ1) is 8.21. The standard InChI is InChI=1S/C13H25N3O/c1-5-8-16-10-12(9-15-16)13(14-3)7-6-11(2)17-4/h9-11,13-14H,5-8H2,1-4H3. The van der Waals surface area contributed by atoms with Gasteiger partial charge in [0.05, 0.1) is 12.3 Å². The van der Waals surface area contributed by atoms with Gasteiger partial charge in [-0.2, -0.15) is 5.10 Å². The summed E-state index contributed by atoms with van der Waals surface area (Å²) < 4.78 is 7.29. The quantitative estimate of drug-likeness (QED) is 0.757. The van der Waals surface area contributed by atoms with Crippen LogP contribution < -0.4 is 5.32 Å². The average Bonchev–Trinajstić information content (AvgIpc) is 2.78. The van der Waals surface area contributed by atoms with Crippen LogP contribution in [0.3, 0.4) is 0 Å². The number of ether oxygens (including phenoxy) is 1. The maximum Gasteiger partial charge on any atom is 0.0543 e. The number of rotatable bonds is 8. The molecule has 0 radical (unpaired) electrons. The van der Waals surface area contributed by atoms with E-state index in [1.54, 1.807) is 7.11 Å². The van der Waals surface area contributed by atoms with E-state index in [2.05, 4.69) is 30.5 Å². The van der Waals surface area contributed by atoms with Crippen molar-refractivity contribution in [2.24, 2.45) is 0 Å². The molecule has 2 unspecified atom stereocenters. The SMILES string of the molecule is CCCn1cc(C(CCC(C)OC)NC)cn1. The van der Waals surface area contributed by atoms with Crippen LogP contribution in [0.15, 0.2) is 12.4 Å². The summed E-state index contributed by atoms with van der Waals surface area (Å²) in [5.41, 5.74) is 1.27. The molecular weight excluding hydrogens is 214 g/mol. The van der Waals surface area contributed by atoms with Gasteiger partial charge in [0, 0.05) is 31.5 Å². The largest absolute Gasteiger partial charge is 0.382 e. The maximum absolute atomic E-state index is 5.28. The van der Waals surface area contributed by atoms with Crippen molar-refractivity contribution in [2.75, 3.05) is 14.2 Å². The van der Waals surface area contributed by atoms with E-state index in [9.17, 15) is 0 Å². The molecule has 0 aliphatic carbocycles. The fourth-order valence-electron chi connectivity index (χ4n) is 1.91. The molecule has 0 bridgehead atoms. The number of hydrogen-bond acceptors (Lipinski definition) is 3. The number of hydrogen-bond donors (Lipinski definition) is 1. The molecule has 0 saturated carbocycles. The summed E-state index contributed by atoms with van der Waals surface area (Å²) in [6, 6.07) is 0.373. The summed E-state index contributed by atoms with van der Waals surface area (Å²) in [7, 11) is 3.76. The molecule has 17 heavy (non-hydrogen) atoms. The van der Waals surface area contributed by atoms with Crippen LogP contribution in [0.4, 0.5) is 0 Å². The Bertz CT molecular complexity index is 311. The highest BCUT2D eigenvalue weighted by molar-refractivity contribution is 5.10. The molecule has 0 fully saturated rings. The number of methoxy groups -OCH3 is 1. The smallest absolute Gasteiger partial charge is 0.0543 e. The predicted octanol–water partition coefficient (Wildman–Crippen LogP) is 2.37. The van der Waals surface area contributed by atoms with Gasteiger partial charge in [-0.05, 0) is 33.2 Å². The van der Waals surface area contributed by atoms with Gasteiger partial charge in [0.25, 0.3) is 0 Å². The number of nitrogens with zero attached hydrogens (tertiary/aromatic N) is 2. The molecular formula is C13H25N3O. The minimum atomic E-state index is 0.316. The molecule has 1 heterocycles. The Hall–Kier alpha value is -0.870. The van der Waals surface area contributed by atoms with Gasteiger partial charge in [-0.25, -0.2) is 0 Å². The molecule has 4 heteroatoms. The van der Waals surface area contributed by atoms with Crippen LogP contribution in [-0.2, 0) is 11.3 Å². The summed E-state index contributed by atoms with van der Waals surface area (Å²) >= 11 is 0. The van der Waals surface area contributed by atoms with Crippen molar-refractivity contribution in [1.29, 1.82) is 0 Å². The summed E-state index contributed by atoms with van der Waals surface area (Å²) in [5, 5.41) is 7.71. The Kier molecular flexibility index (Phi) is 6.22. The second-order valence-electron chi connectivity index (χ2n) is 4.50. The van der Waals surface area contributed by atoms with E-state index >= 15 is 0 Å². The summed E-state index contributed by atoms with van der Waals surface area (Å²) in [5.74, 6) is 0. The van der Waals surface area contributed by atoms with Crippen LogP contribution >= 0.6 is 0 Å². The van der Waals surface area contributed by atoms with Crippen molar-refractivity contribution in [3.05, 3.63) is 18.0 Å². The topological polar surface area (TPSA) is 39.1 Å². The number of aromatic nitrogens is 2. The Morgan fingerprint density at radius 1 is 1.47 bits per heavy atom. The van der Waals surface area contributed by atoms with Crippen molar-refractivity contribution in [3.8, 4) is 0 Å². The van der Waals surface area contributed by atoms with Crippen LogP contribution in [0.1, 0.15) is 44.7 Å². The lowest BCUT2D eigenvalue weighted by Crippen LogP contribution is -2.18. The van der Waals surface area contributed by atoms with Gasteiger partial charge in [0.1, 0.15) is 0 Å². The fraction of sp³-hybridized carbons (Fsp3) is 0.769. The summed E-state index contributed by atoms with van der Waals surface area (Å²) in [6.07, 6.45) is 7.67. The average molecular weight is 239 g/mol. The minimum Gasteiger partial charge on any atom is -0.382 e. The van der Waals surface area contributed by atoms with Gasteiger partial charge in [-0.3, -0.25) is 4.68 Å². The third-order valence-corrected chi connectivity index (χ3v) is 3.12. The second kappa shape index (κ2) is 7.45. The van der Waals surface area contributed by atoms with E-state index in [0.29, 0.717) is 12.1 Å². The Balaban J connectivity index is 2.53. The van der Waals surface area contributed by atoms with E-state index in [0.717, 1.165) is 25.8 Å². The van der Waals surface area contributed by atoms with Crippen molar-refractivity contribution in [2.45, 2.75) is 51.8 Å². The highest BCUT2D eigenvalue weighted by Crippen LogP contribution is 2.19. The molecule has 0 aliphatic rings. The highest BCUT2D eigenvalue weighted by atomic mass is 16.5. The Labute approximate surface area is 104 Å². The van der Waals surface area contributed by atoms with E-state index in [-0.39, 0.29) is 0 Å². The van der Waals surface area contributed by atoms with Gasteiger partial charge in [0.2, 0.25) is 0 Å².